The van der Waals surface area contributed by atoms with Crippen LogP contribution in [0.3, 0.4) is 0 Å². The first-order chi connectivity index (χ1) is 5.26. The smallest absolute Gasteiger partial charge is 0.120 e. The van der Waals surface area contributed by atoms with Crippen LogP contribution in [0.2, 0.25) is 0 Å². The van der Waals surface area contributed by atoms with Gasteiger partial charge in [-0.2, -0.15) is 0 Å². The van der Waals surface area contributed by atoms with Crippen molar-refractivity contribution in [3.05, 3.63) is 23.8 Å². The van der Waals surface area contributed by atoms with E-state index in [9.17, 15) is 0 Å². The van der Waals surface area contributed by atoms with Crippen LogP contribution in [0.25, 0.3) is 0 Å². The van der Waals surface area contributed by atoms with E-state index >= 15 is 0 Å². The molecule has 3 heteroatoms. The van der Waals surface area contributed by atoms with E-state index in [1.54, 1.807) is 25.3 Å². The van der Waals surface area contributed by atoms with E-state index < -0.39 is 0 Å². The average Bonchev–Trinajstić information content (AvgIpc) is 2.03. The number of aliphatic hydroxyl groups is 1. The summed E-state index contributed by atoms with van der Waals surface area (Å²) in [5.41, 5.74) is 0.814. The van der Waals surface area contributed by atoms with E-state index in [-0.39, 0.29) is 6.61 Å². The third kappa shape index (κ3) is 2.13. The average molecular weight is 170 g/mol. The molecule has 1 aromatic rings. The molecule has 0 saturated heterocycles. The second-order valence-electron chi connectivity index (χ2n) is 2.20. The van der Waals surface area contributed by atoms with E-state index in [1.165, 1.54) is 0 Å². The number of methoxy groups -OCH3 is 1. The number of thiol groups is 1. The molecule has 0 aliphatic rings. The summed E-state index contributed by atoms with van der Waals surface area (Å²) >= 11 is 4.14. The van der Waals surface area contributed by atoms with Crippen LogP contribution in [0, 0.1) is 0 Å². The molecule has 2 nitrogen and oxygen atoms in total. The summed E-state index contributed by atoms with van der Waals surface area (Å²) < 4.78 is 4.98. The van der Waals surface area contributed by atoms with Crippen LogP contribution in [0.5, 0.6) is 5.75 Å². The third-order valence-corrected chi connectivity index (χ3v) is 1.63. The number of benzene rings is 1. The Morgan fingerprint density at radius 1 is 1.45 bits per heavy atom. The Bertz CT molecular complexity index is 226. The predicted octanol–water partition coefficient (Wildman–Crippen LogP) is 1.48. The summed E-state index contributed by atoms with van der Waals surface area (Å²) in [4.78, 5) is 0.799. The number of rotatable bonds is 2. The molecule has 0 aliphatic heterocycles. The van der Waals surface area contributed by atoms with Crippen molar-refractivity contribution in [2.45, 2.75) is 11.5 Å². The molecule has 0 fully saturated rings. The summed E-state index contributed by atoms with van der Waals surface area (Å²) in [6.45, 7) is 0.0186. The van der Waals surface area contributed by atoms with Crippen LogP contribution in [0.15, 0.2) is 23.1 Å². The van der Waals surface area contributed by atoms with Gasteiger partial charge in [0.25, 0.3) is 0 Å². The minimum absolute atomic E-state index is 0.0186. The zero-order valence-corrected chi connectivity index (χ0v) is 7.14. The van der Waals surface area contributed by atoms with Crippen LogP contribution < -0.4 is 4.74 Å². The molecular weight excluding hydrogens is 160 g/mol. The van der Waals surface area contributed by atoms with Crippen molar-refractivity contribution in [2.75, 3.05) is 7.11 Å². The Morgan fingerprint density at radius 2 is 2.18 bits per heavy atom. The van der Waals surface area contributed by atoms with Crippen LogP contribution in [0.4, 0.5) is 0 Å². The van der Waals surface area contributed by atoms with Crippen LogP contribution in [0.1, 0.15) is 5.56 Å². The van der Waals surface area contributed by atoms with Crippen molar-refractivity contribution < 1.29 is 9.84 Å². The van der Waals surface area contributed by atoms with Crippen molar-refractivity contribution in [3.63, 3.8) is 0 Å². The Balaban J connectivity index is 3.02. The molecule has 11 heavy (non-hydrogen) atoms. The van der Waals surface area contributed by atoms with Crippen LogP contribution >= 0.6 is 12.6 Å². The molecule has 0 heterocycles. The topological polar surface area (TPSA) is 29.5 Å². The zero-order chi connectivity index (χ0) is 8.27. The maximum atomic E-state index is 8.79. The fourth-order valence-electron chi connectivity index (χ4n) is 0.853. The van der Waals surface area contributed by atoms with Gasteiger partial charge in [-0.15, -0.1) is 12.6 Å². The van der Waals surface area contributed by atoms with E-state index in [0.717, 1.165) is 16.2 Å². The Labute approximate surface area is 71.2 Å². The molecule has 0 amide bonds. The first kappa shape index (κ1) is 8.43. The maximum absolute atomic E-state index is 8.79. The summed E-state index contributed by atoms with van der Waals surface area (Å²) in [5, 5.41) is 8.79. The van der Waals surface area contributed by atoms with Gasteiger partial charge >= 0.3 is 0 Å². The van der Waals surface area contributed by atoms with Gasteiger partial charge in [0.2, 0.25) is 0 Å². The highest BCUT2D eigenvalue weighted by Crippen LogP contribution is 2.19. The van der Waals surface area contributed by atoms with Crippen molar-refractivity contribution in [3.8, 4) is 5.75 Å². The first-order valence-corrected chi connectivity index (χ1v) is 3.69. The summed E-state index contributed by atoms with van der Waals surface area (Å²) in [6.07, 6.45) is 0. The molecule has 1 aromatic carbocycles. The van der Waals surface area contributed by atoms with E-state index in [0.29, 0.717) is 0 Å². The number of hydrogen-bond donors (Lipinski definition) is 2. The van der Waals surface area contributed by atoms with Gasteiger partial charge < -0.3 is 9.84 Å². The highest BCUT2D eigenvalue weighted by atomic mass is 32.1. The predicted molar refractivity (Wildman–Crippen MR) is 46.2 cm³/mol. The van der Waals surface area contributed by atoms with Gasteiger partial charge in [-0.1, -0.05) is 0 Å². The molecule has 1 N–H and O–H groups in total. The van der Waals surface area contributed by atoms with Crippen molar-refractivity contribution in [1.82, 2.24) is 0 Å². The lowest BCUT2D eigenvalue weighted by atomic mass is 10.2. The van der Waals surface area contributed by atoms with Crippen molar-refractivity contribution in [2.24, 2.45) is 0 Å². The molecule has 0 atom stereocenters. The second kappa shape index (κ2) is 3.64. The van der Waals surface area contributed by atoms with Gasteiger partial charge in [0.1, 0.15) is 5.75 Å². The molecule has 0 radical (unpaired) electrons. The Hall–Kier alpha value is -0.670. The van der Waals surface area contributed by atoms with E-state index in [4.69, 9.17) is 9.84 Å². The summed E-state index contributed by atoms with van der Waals surface area (Å²) in [5.74, 6) is 0.724. The molecule has 0 aliphatic carbocycles. The van der Waals surface area contributed by atoms with Gasteiger partial charge in [-0.05, 0) is 23.8 Å². The monoisotopic (exact) mass is 170 g/mol. The van der Waals surface area contributed by atoms with Gasteiger partial charge in [0, 0.05) is 4.90 Å². The molecule has 1 rings (SSSR count). The molecule has 60 valence electrons. The fourth-order valence-corrected chi connectivity index (χ4v) is 1.15. The van der Waals surface area contributed by atoms with Gasteiger partial charge in [0.15, 0.2) is 0 Å². The maximum Gasteiger partial charge on any atom is 0.120 e. The van der Waals surface area contributed by atoms with Crippen LogP contribution in [-0.2, 0) is 6.61 Å². The van der Waals surface area contributed by atoms with Gasteiger partial charge in [0.05, 0.1) is 13.7 Å². The van der Waals surface area contributed by atoms with Gasteiger partial charge in [-0.25, -0.2) is 0 Å². The first-order valence-electron chi connectivity index (χ1n) is 3.24. The van der Waals surface area contributed by atoms with Crippen LogP contribution in [-0.4, -0.2) is 12.2 Å². The number of ether oxygens (including phenoxy) is 1. The van der Waals surface area contributed by atoms with Gasteiger partial charge in [-0.3, -0.25) is 0 Å². The largest absolute Gasteiger partial charge is 0.497 e. The Morgan fingerprint density at radius 3 is 2.73 bits per heavy atom. The molecular formula is C8H10O2S. The second-order valence-corrected chi connectivity index (χ2v) is 2.71. The quantitative estimate of drug-likeness (QED) is 0.658. The SMILES string of the molecule is COc1cc(S)cc(CO)c1. The zero-order valence-electron chi connectivity index (χ0n) is 6.24. The number of hydrogen-bond acceptors (Lipinski definition) is 3. The molecule has 0 spiro atoms. The van der Waals surface area contributed by atoms with E-state index in [2.05, 4.69) is 12.6 Å². The normalized spacial score (nSPS) is 9.73. The Kier molecular flexibility index (Phi) is 2.79. The van der Waals surface area contributed by atoms with Crippen molar-refractivity contribution >= 4 is 12.6 Å². The lowest BCUT2D eigenvalue weighted by molar-refractivity contribution is 0.280. The highest BCUT2D eigenvalue weighted by molar-refractivity contribution is 7.80. The molecule has 0 unspecified atom stereocenters. The highest BCUT2D eigenvalue weighted by Gasteiger charge is 1.96. The van der Waals surface area contributed by atoms with E-state index in [1.807, 2.05) is 0 Å². The third-order valence-electron chi connectivity index (χ3n) is 1.37. The molecule has 0 aromatic heterocycles. The number of aliphatic hydroxyl groups excluding tert-OH is 1. The summed E-state index contributed by atoms with van der Waals surface area (Å²) in [6, 6.07) is 5.37. The minimum Gasteiger partial charge on any atom is -0.497 e. The van der Waals surface area contributed by atoms with Crippen molar-refractivity contribution in [1.29, 1.82) is 0 Å². The fraction of sp³-hybridized carbons (Fsp3) is 0.250. The molecule has 0 saturated carbocycles. The lowest BCUT2D eigenvalue weighted by Gasteiger charge is -2.02. The standard InChI is InChI=1S/C8H10O2S/c1-10-7-2-6(5-9)3-8(11)4-7/h2-4,9,11H,5H2,1H3. The lowest BCUT2D eigenvalue weighted by Crippen LogP contribution is -1.87. The minimum atomic E-state index is 0.0186. The molecule has 0 bridgehead atoms. The summed E-state index contributed by atoms with van der Waals surface area (Å²) in [7, 11) is 1.59.